The fraction of sp³-hybridized carbons (Fsp3) is 0.250. The summed E-state index contributed by atoms with van der Waals surface area (Å²) in [5.41, 5.74) is 6.80. The van der Waals surface area contributed by atoms with Crippen LogP contribution in [0.1, 0.15) is 25.5 Å². The molecule has 1 aromatic heterocycles. The van der Waals surface area contributed by atoms with Crippen LogP contribution in [-0.4, -0.2) is 13.4 Å². The van der Waals surface area contributed by atoms with Gasteiger partial charge in [-0.2, -0.15) is 0 Å². The van der Waals surface area contributed by atoms with Crippen molar-refractivity contribution < 1.29 is 8.42 Å². The fourth-order valence-corrected chi connectivity index (χ4v) is 4.18. The van der Waals surface area contributed by atoms with Gasteiger partial charge in [-0.05, 0) is 24.1 Å². The first-order valence-corrected chi connectivity index (χ1v) is 8.57. The number of hydrogen-bond donors (Lipinski definition) is 2. The van der Waals surface area contributed by atoms with Crippen molar-refractivity contribution >= 4 is 43.8 Å². The van der Waals surface area contributed by atoms with Gasteiger partial charge >= 0.3 is 0 Å². The minimum Gasteiger partial charge on any atom is -0.399 e. The predicted octanol–water partition coefficient (Wildman–Crippen LogP) is 3.30. The van der Waals surface area contributed by atoms with Crippen LogP contribution in [0.5, 0.6) is 0 Å². The van der Waals surface area contributed by atoms with E-state index in [4.69, 9.17) is 17.3 Å². The van der Waals surface area contributed by atoms with E-state index in [0.29, 0.717) is 10.8 Å². The molecule has 0 saturated heterocycles. The van der Waals surface area contributed by atoms with Crippen molar-refractivity contribution in [3.8, 4) is 0 Å². The minimum atomic E-state index is -3.76. The second-order valence-electron chi connectivity index (χ2n) is 4.53. The number of benzene rings is 1. The maximum Gasteiger partial charge on any atom is 0.265 e. The largest absolute Gasteiger partial charge is 0.399 e. The average molecular weight is 332 g/mol. The monoisotopic (exact) mass is 331 g/mol. The lowest BCUT2D eigenvalue weighted by atomic mass is 10.2. The van der Waals surface area contributed by atoms with Gasteiger partial charge in [-0.25, -0.2) is 13.4 Å². The summed E-state index contributed by atoms with van der Waals surface area (Å²) in [6, 6.07) is 4.26. The van der Waals surface area contributed by atoms with Gasteiger partial charge in [-0.15, -0.1) is 11.3 Å². The maximum absolute atomic E-state index is 12.2. The van der Waals surface area contributed by atoms with Crippen molar-refractivity contribution in [3.63, 3.8) is 0 Å². The number of thiazole rings is 1. The molecule has 20 heavy (non-hydrogen) atoms. The number of nitrogens with zero attached hydrogens (tertiary/aromatic N) is 1. The van der Waals surface area contributed by atoms with Crippen LogP contribution in [0.3, 0.4) is 0 Å². The van der Waals surface area contributed by atoms with Crippen molar-refractivity contribution in [2.45, 2.75) is 24.7 Å². The molecule has 0 aliphatic heterocycles. The highest BCUT2D eigenvalue weighted by Gasteiger charge is 2.20. The van der Waals surface area contributed by atoms with Crippen LogP contribution in [0.15, 0.2) is 28.5 Å². The van der Waals surface area contributed by atoms with Gasteiger partial charge in [0.05, 0.1) is 10.7 Å². The van der Waals surface area contributed by atoms with Crippen LogP contribution in [0.25, 0.3) is 0 Å². The summed E-state index contributed by atoms with van der Waals surface area (Å²) in [6.45, 7) is 3.98. The molecule has 2 aromatic rings. The molecule has 0 unspecified atom stereocenters. The van der Waals surface area contributed by atoms with E-state index in [1.807, 2.05) is 19.2 Å². The number of nitrogen functional groups attached to an aromatic ring is 1. The standard InChI is InChI=1S/C12H14ClN3O2S2/c1-7(2)10-6-19-12(15-10)16-20(17,18)11-4-3-8(14)5-9(11)13/h3-7H,14H2,1-2H3,(H,15,16). The zero-order valence-electron chi connectivity index (χ0n) is 10.9. The molecule has 108 valence electrons. The molecule has 0 spiro atoms. The third-order valence-electron chi connectivity index (χ3n) is 2.58. The molecule has 0 radical (unpaired) electrons. The lowest BCUT2D eigenvalue weighted by Gasteiger charge is -2.07. The third kappa shape index (κ3) is 3.23. The quantitative estimate of drug-likeness (QED) is 0.842. The number of nitrogens with one attached hydrogen (secondary N) is 1. The van der Waals surface area contributed by atoms with Crippen molar-refractivity contribution in [2.24, 2.45) is 0 Å². The van der Waals surface area contributed by atoms with Crippen LogP contribution < -0.4 is 10.5 Å². The lowest BCUT2D eigenvalue weighted by Crippen LogP contribution is -2.13. The van der Waals surface area contributed by atoms with Crippen molar-refractivity contribution in [2.75, 3.05) is 10.5 Å². The predicted molar refractivity (Wildman–Crippen MR) is 82.9 cm³/mol. The van der Waals surface area contributed by atoms with Crippen LogP contribution in [0.4, 0.5) is 10.8 Å². The molecule has 1 aromatic carbocycles. The van der Waals surface area contributed by atoms with E-state index < -0.39 is 10.0 Å². The van der Waals surface area contributed by atoms with Gasteiger partial charge in [-0.1, -0.05) is 25.4 Å². The Morgan fingerprint density at radius 2 is 2.10 bits per heavy atom. The van der Waals surface area contributed by atoms with Crippen molar-refractivity contribution in [3.05, 3.63) is 34.3 Å². The minimum absolute atomic E-state index is 0.0188. The summed E-state index contributed by atoms with van der Waals surface area (Å²) in [5, 5.41) is 2.23. The molecule has 0 atom stereocenters. The lowest BCUT2D eigenvalue weighted by molar-refractivity contribution is 0.601. The first-order valence-electron chi connectivity index (χ1n) is 5.83. The van der Waals surface area contributed by atoms with Gasteiger partial charge in [0, 0.05) is 11.1 Å². The Morgan fingerprint density at radius 1 is 1.40 bits per heavy atom. The molecule has 0 aliphatic rings. The molecular weight excluding hydrogens is 318 g/mol. The zero-order chi connectivity index (χ0) is 14.9. The molecule has 5 nitrogen and oxygen atoms in total. The number of rotatable bonds is 4. The summed E-state index contributed by atoms with van der Waals surface area (Å²) in [6.07, 6.45) is 0. The van der Waals surface area contributed by atoms with Crippen LogP contribution >= 0.6 is 22.9 Å². The second-order valence-corrected chi connectivity index (χ2v) is 7.44. The van der Waals surface area contributed by atoms with Gasteiger partial charge in [0.15, 0.2) is 5.13 Å². The van der Waals surface area contributed by atoms with E-state index in [9.17, 15) is 8.42 Å². The molecule has 0 aliphatic carbocycles. The topological polar surface area (TPSA) is 85.1 Å². The van der Waals surface area contributed by atoms with Gasteiger partial charge in [0.2, 0.25) is 0 Å². The van der Waals surface area contributed by atoms with Gasteiger partial charge in [-0.3, -0.25) is 4.72 Å². The summed E-state index contributed by atoms with van der Waals surface area (Å²) >= 11 is 7.16. The van der Waals surface area contributed by atoms with E-state index in [0.717, 1.165) is 5.69 Å². The van der Waals surface area contributed by atoms with Crippen LogP contribution in [0, 0.1) is 0 Å². The second kappa shape index (κ2) is 5.59. The highest BCUT2D eigenvalue weighted by atomic mass is 35.5. The van der Waals surface area contributed by atoms with E-state index in [1.165, 1.54) is 29.5 Å². The molecule has 0 fully saturated rings. The van der Waals surface area contributed by atoms with Crippen LogP contribution in [0.2, 0.25) is 5.02 Å². The highest BCUT2D eigenvalue weighted by Crippen LogP contribution is 2.28. The van der Waals surface area contributed by atoms with Gasteiger partial charge in [0.25, 0.3) is 10.0 Å². The normalized spacial score (nSPS) is 11.8. The number of nitrogens with two attached hydrogens (primary N) is 1. The first-order chi connectivity index (χ1) is 9.29. The Hall–Kier alpha value is -1.31. The Kier molecular flexibility index (Phi) is 4.22. The van der Waals surface area contributed by atoms with E-state index in [-0.39, 0.29) is 15.8 Å². The summed E-state index contributed by atoms with van der Waals surface area (Å²) in [5.74, 6) is 0.240. The molecule has 8 heteroatoms. The summed E-state index contributed by atoms with van der Waals surface area (Å²) < 4.78 is 26.9. The van der Waals surface area contributed by atoms with E-state index >= 15 is 0 Å². The van der Waals surface area contributed by atoms with Gasteiger partial charge in [0.1, 0.15) is 4.90 Å². The van der Waals surface area contributed by atoms with E-state index in [1.54, 1.807) is 0 Å². The fourth-order valence-electron chi connectivity index (χ4n) is 1.50. The molecule has 3 N–H and O–H groups in total. The van der Waals surface area contributed by atoms with Gasteiger partial charge < -0.3 is 5.73 Å². The maximum atomic E-state index is 12.2. The Bertz CT molecular complexity index is 726. The smallest absolute Gasteiger partial charge is 0.265 e. The van der Waals surface area contributed by atoms with Crippen molar-refractivity contribution in [1.82, 2.24) is 4.98 Å². The molecule has 0 bridgehead atoms. The summed E-state index contributed by atoms with van der Waals surface area (Å²) in [7, 11) is -3.76. The SMILES string of the molecule is CC(C)c1csc(NS(=O)(=O)c2ccc(N)cc2Cl)n1. The van der Waals surface area contributed by atoms with E-state index in [2.05, 4.69) is 9.71 Å². The number of halogens is 1. The Morgan fingerprint density at radius 3 is 2.65 bits per heavy atom. The van der Waals surface area contributed by atoms with Crippen molar-refractivity contribution in [1.29, 1.82) is 0 Å². The Balaban J connectivity index is 2.30. The highest BCUT2D eigenvalue weighted by molar-refractivity contribution is 7.93. The molecule has 0 amide bonds. The molecule has 2 rings (SSSR count). The number of sulfonamides is 1. The third-order valence-corrected chi connectivity index (χ3v) is 5.31. The number of hydrogen-bond acceptors (Lipinski definition) is 5. The molecular formula is C12H14ClN3O2S2. The average Bonchev–Trinajstić information content (AvgIpc) is 2.76. The van der Waals surface area contributed by atoms with Crippen LogP contribution in [-0.2, 0) is 10.0 Å². The summed E-state index contributed by atoms with van der Waals surface area (Å²) in [4.78, 5) is 4.21. The number of aromatic nitrogens is 1. The number of anilines is 2. The molecule has 0 saturated carbocycles. The Labute approximate surface area is 126 Å². The first kappa shape index (κ1) is 15.1. The molecule has 1 heterocycles. The zero-order valence-corrected chi connectivity index (χ0v) is 13.3.